The Balaban J connectivity index is 1.46. The van der Waals surface area contributed by atoms with Crippen molar-refractivity contribution >= 4 is 38.6 Å². The van der Waals surface area contributed by atoms with Gasteiger partial charge in [0.25, 0.3) is 5.91 Å². The van der Waals surface area contributed by atoms with Crippen LogP contribution in [0.5, 0.6) is 0 Å². The number of pyridine rings is 1. The van der Waals surface area contributed by atoms with Gasteiger partial charge in [0.1, 0.15) is 11.4 Å². The number of piperazine rings is 1. The molecule has 0 N–H and O–H groups in total. The molecule has 0 bridgehead atoms. The van der Waals surface area contributed by atoms with Crippen molar-refractivity contribution in [3.8, 4) is 6.07 Å². The van der Waals surface area contributed by atoms with E-state index in [0.717, 1.165) is 15.7 Å². The lowest BCUT2D eigenvalue weighted by molar-refractivity contribution is 0.0717. The third-order valence-electron chi connectivity index (χ3n) is 4.45. The zero-order valence-electron chi connectivity index (χ0n) is 13.9. The third kappa shape index (κ3) is 3.16. The Kier molecular flexibility index (Phi) is 4.35. The first-order valence-corrected chi connectivity index (χ1v) is 9.03. The van der Waals surface area contributed by atoms with Crippen LogP contribution in [0.1, 0.15) is 16.1 Å². The molecule has 1 aromatic carbocycles. The van der Waals surface area contributed by atoms with Crippen molar-refractivity contribution in [2.45, 2.75) is 0 Å². The molecule has 0 aliphatic carbocycles. The molecular formula is C19H15BrN4O2. The van der Waals surface area contributed by atoms with Gasteiger partial charge in [-0.25, -0.2) is 4.98 Å². The molecule has 3 aromatic rings. The van der Waals surface area contributed by atoms with E-state index in [1.54, 1.807) is 29.3 Å². The minimum Gasteiger partial charge on any atom is -0.451 e. The number of benzene rings is 1. The van der Waals surface area contributed by atoms with Gasteiger partial charge in [-0.3, -0.25) is 4.79 Å². The number of carbonyl (C=O) groups excluding carboxylic acids is 1. The van der Waals surface area contributed by atoms with Gasteiger partial charge in [-0.2, -0.15) is 5.26 Å². The molecule has 2 aromatic heterocycles. The van der Waals surface area contributed by atoms with Gasteiger partial charge < -0.3 is 14.2 Å². The van der Waals surface area contributed by atoms with E-state index in [1.807, 2.05) is 18.2 Å². The van der Waals surface area contributed by atoms with E-state index in [0.29, 0.717) is 43.1 Å². The van der Waals surface area contributed by atoms with Crippen LogP contribution in [0.3, 0.4) is 0 Å². The summed E-state index contributed by atoms with van der Waals surface area (Å²) in [6, 6.07) is 13.0. The van der Waals surface area contributed by atoms with Crippen LogP contribution in [0.4, 0.5) is 5.82 Å². The van der Waals surface area contributed by atoms with Crippen molar-refractivity contribution in [1.29, 1.82) is 5.26 Å². The molecule has 1 saturated heterocycles. The van der Waals surface area contributed by atoms with Gasteiger partial charge in [-0.05, 0) is 36.4 Å². The number of hydrogen-bond acceptors (Lipinski definition) is 5. The van der Waals surface area contributed by atoms with Gasteiger partial charge >= 0.3 is 0 Å². The molecule has 1 aliphatic heterocycles. The van der Waals surface area contributed by atoms with Crippen LogP contribution >= 0.6 is 15.9 Å². The zero-order valence-corrected chi connectivity index (χ0v) is 15.4. The lowest BCUT2D eigenvalue weighted by atomic mass is 10.2. The second-order valence-electron chi connectivity index (χ2n) is 6.09. The molecule has 1 aliphatic rings. The number of aromatic nitrogens is 1. The smallest absolute Gasteiger partial charge is 0.289 e. The predicted molar refractivity (Wildman–Crippen MR) is 101 cm³/mol. The molecule has 1 fully saturated rings. The van der Waals surface area contributed by atoms with Crippen LogP contribution in [0.2, 0.25) is 0 Å². The summed E-state index contributed by atoms with van der Waals surface area (Å²) in [4.78, 5) is 20.9. The molecule has 0 atom stereocenters. The van der Waals surface area contributed by atoms with Crippen molar-refractivity contribution in [2.24, 2.45) is 0 Å². The van der Waals surface area contributed by atoms with Crippen LogP contribution < -0.4 is 4.90 Å². The molecule has 3 heterocycles. The number of furan rings is 1. The van der Waals surface area contributed by atoms with Gasteiger partial charge in [0.05, 0.1) is 11.6 Å². The monoisotopic (exact) mass is 410 g/mol. The Hall–Kier alpha value is -2.85. The highest BCUT2D eigenvalue weighted by molar-refractivity contribution is 9.10. The summed E-state index contributed by atoms with van der Waals surface area (Å²) in [6.45, 7) is 2.49. The van der Waals surface area contributed by atoms with Crippen molar-refractivity contribution < 1.29 is 9.21 Å². The minimum atomic E-state index is -0.101. The fourth-order valence-electron chi connectivity index (χ4n) is 3.07. The highest BCUT2D eigenvalue weighted by atomic mass is 79.9. The molecule has 0 spiro atoms. The summed E-state index contributed by atoms with van der Waals surface area (Å²) in [5, 5.41) is 9.92. The number of fused-ring (bicyclic) bond motifs is 1. The maximum Gasteiger partial charge on any atom is 0.289 e. The van der Waals surface area contributed by atoms with E-state index in [4.69, 9.17) is 9.68 Å². The number of amides is 1. The number of carbonyl (C=O) groups is 1. The van der Waals surface area contributed by atoms with Gasteiger partial charge in [-0.15, -0.1) is 0 Å². The molecule has 130 valence electrons. The van der Waals surface area contributed by atoms with Crippen LogP contribution in [0.25, 0.3) is 11.0 Å². The zero-order chi connectivity index (χ0) is 18.1. The summed E-state index contributed by atoms with van der Waals surface area (Å²) in [6.07, 6.45) is 1.64. The molecule has 0 unspecified atom stereocenters. The predicted octanol–water partition coefficient (Wildman–Crippen LogP) is 3.42. The van der Waals surface area contributed by atoms with Gasteiger partial charge in [0, 0.05) is 42.2 Å². The van der Waals surface area contributed by atoms with E-state index in [9.17, 15) is 4.79 Å². The molecule has 0 radical (unpaired) electrons. The van der Waals surface area contributed by atoms with Gasteiger partial charge in [0.2, 0.25) is 0 Å². The third-order valence-corrected chi connectivity index (χ3v) is 4.95. The first-order chi connectivity index (χ1) is 12.6. The van der Waals surface area contributed by atoms with Crippen molar-refractivity contribution in [2.75, 3.05) is 31.1 Å². The number of rotatable bonds is 2. The number of hydrogen-bond donors (Lipinski definition) is 0. The molecule has 7 heteroatoms. The normalized spacial score (nSPS) is 14.5. The number of anilines is 1. The first kappa shape index (κ1) is 16.6. The lowest BCUT2D eigenvalue weighted by Crippen LogP contribution is -2.49. The minimum absolute atomic E-state index is 0.101. The molecule has 4 rings (SSSR count). The Morgan fingerprint density at radius 2 is 1.96 bits per heavy atom. The van der Waals surface area contributed by atoms with E-state index in [1.165, 1.54) is 0 Å². The summed E-state index contributed by atoms with van der Waals surface area (Å²) in [7, 11) is 0. The van der Waals surface area contributed by atoms with E-state index in [2.05, 4.69) is 31.9 Å². The summed E-state index contributed by atoms with van der Waals surface area (Å²) < 4.78 is 6.66. The number of nitriles is 1. The topological polar surface area (TPSA) is 73.4 Å². The highest BCUT2D eigenvalue weighted by Gasteiger charge is 2.25. The Labute approximate surface area is 158 Å². The number of nitrogens with zero attached hydrogens (tertiary/aromatic N) is 4. The van der Waals surface area contributed by atoms with Crippen LogP contribution in [0.15, 0.2) is 51.5 Å². The maximum atomic E-state index is 12.7. The van der Waals surface area contributed by atoms with Crippen LogP contribution in [-0.2, 0) is 0 Å². The highest BCUT2D eigenvalue weighted by Crippen LogP contribution is 2.24. The summed E-state index contributed by atoms with van der Waals surface area (Å²) >= 11 is 3.43. The van der Waals surface area contributed by atoms with Crippen LogP contribution in [-0.4, -0.2) is 42.0 Å². The van der Waals surface area contributed by atoms with E-state index >= 15 is 0 Å². The number of halogens is 1. The molecule has 0 saturated carbocycles. The SMILES string of the molecule is N#Cc1ccnc(N2CCN(C(=O)c3cc4cc(Br)ccc4o3)CC2)c1. The molecular weight excluding hydrogens is 396 g/mol. The summed E-state index contributed by atoms with van der Waals surface area (Å²) in [5.74, 6) is 1.02. The fourth-order valence-corrected chi connectivity index (χ4v) is 3.45. The van der Waals surface area contributed by atoms with Gasteiger partial charge in [0.15, 0.2) is 5.76 Å². The second-order valence-corrected chi connectivity index (χ2v) is 7.00. The maximum absolute atomic E-state index is 12.7. The van der Waals surface area contributed by atoms with Crippen LogP contribution in [0, 0.1) is 11.3 Å². The molecule has 6 nitrogen and oxygen atoms in total. The second kappa shape index (κ2) is 6.81. The van der Waals surface area contributed by atoms with E-state index in [-0.39, 0.29) is 5.91 Å². The van der Waals surface area contributed by atoms with E-state index < -0.39 is 0 Å². The van der Waals surface area contributed by atoms with Crippen molar-refractivity contribution in [3.63, 3.8) is 0 Å². The Bertz CT molecular complexity index is 1020. The summed E-state index contributed by atoms with van der Waals surface area (Å²) in [5.41, 5.74) is 1.29. The standard InChI is InChI=1S/C19H15BrN4O2/c20-15-1-2-16-14(10-15)11-17(26-16)19(25)24-7-5-23(6-8-24)18-9-13(12-21)3-4-22-18/h1-4,9-11H,5-8H2. The quantitative estimate of drug-likeness (QED) is 0.646. The Morgan fingerprint density at radius 3 is 2.73 bits per heavy atom. The van der Waals surface area contributed by atoms with Crippen molar-refractivity contribution in [3.05, 3.63) is 58.4 Å². The average molecular weight is 411 g/mol. The largest absolute Gasteiger partial charge is 0.451 e. The Morgan fingerprint density at radius 1 is 1.15 bits per heavy atom. The fraction of sp³-hybridized carbons (Fsp3) is 0.211. The lowest BCUT2D eigenvalue weighted by Gasteiger charge is -2.35. The molecule has 1 amide bonds. The first-order valence-electron chi connectivity index (χ1n) is 8.23. The van der Waals surface area contributed by atoms with Gasteiger partial charge in [-0.1, -0.05) is 15.9 Å². The average Bonchev–Trinajstić information content (AvgIpc) is 3.10. The van der Waals surface area contributed by atoms with Crippen molar-refractivity contribution in [1.82, 2.24) is 9.88 Å². The molecule has 26 heavy (non-hydrogen) atoms.